The van der Waals surface area contributed by atoms with E-state index in [0.29, 0.717) is 37.3 Å². The highest BCUT2D eigenvalue weighted by Crippen LogP contribution is 2.37. The van der Waals surface area contributed by atoms with Gasteiger partial charge in [-0.05, 0) is 55.2 Å². The Kier molecular flexibility index (Phi) is 6.57. The van der Waals surface area contributed by atoms with Crippen molar-refractivity contribution in [3.8, 4) is 5.75 Å². The summed E-state index contributed by atoms with van der Waals surface area (Å²) in [6, 6.07) is 6.71. The first-order valence-corrected chi connectivity index (χ1v) is 11.7. The number of nitrogens with zero attached hydrogens (tertiary/aromatic N) is 3. The largest absolute Gasteiger partial charge is 0.496 e. The van der Waals surface area contributed by atoms with Gasteiger partial charge in [0.1, 0.15) is 5.75 Å². The average Bonchev–Trinajstić information content (AvgIpc) is 3.28. The number of morpholine rings is 1. The van der Waals surface area contributed by atoms with Crippen LogP contribution in [-0.2, 0) is 16.1 Å². The summed E-state index contributed by atoms with van der Waals surface area (Å²) in [6.45, 7) is 2.95. The Morgan fingerprint density at radius 3 is 2.64 bits per heavy atom. The molecular weight excluding hydrogens is 471 g/mol. The van der Waals surface area contributed by atoms with Gasteiger partial charge in [0, 0.05) is 17.3 Å². The maximum absolute atomic E-state index is 13.9. The lowest BCUT2D eigenvalue weighted by atomic mass is 9.90. The third-order valence-electron chi connectivity index (χ3n) is 6.73. The van der Waals surface area contributed by atoms with Crippen LogP contribution in [0.1, 0.15) is 41.3 Å². The molecule has 0 N–H and O–H groups in total. The van der Waals surface area contributed by atoms with Crippen LogP contribution in [0.2, 0.25) is 0 Å². The quantitative estimate of drug-likeness (QED) is 0.375. The molecule has 3 heterocycles. The van der Waals surface area contributed by atoms with Crippen LogP contribution in [0, 0.1) is 24.4 Å². The SMILES string of the molecule is COc1cc(/C=C2\CC[C@@H]3COC[C@H](c4cc(F)c(F)c(F)c4)N3C2=O)ccc1Cn1cnc(C)c1. The lowest BCUT2D eigenvalue weighted by Crippen LogP contribution is -2.53. The van der Waals surface area contributed by atoms with E-state index in [2.05, 4.69) is 4.98 Å². The number of aryl methyl sites for hydroxylation is 1. The van der Waals surface area contributed by atoms with Crippen molar-refractivity contribution in [3.63, 3.8) is 0 Å². The van der Waals surface area contributed by atoms with Crippen molar-refractivity contribution < 1.29 is 27.4 Å². The molecule has 1 amide bonds. The van der Waals surface area contributed by atoms with Gasteiger partial charge in [-0.15, -0.1) is 0 Å². The van der Waals surface area contributed by atoms with Crippen molar-refractivity contribution in [3.05, 3.63) is 88.3 Å². The highest BCUT2D eigenvalue weighted by atomic mass is 19.2. The number of rotatable bonds is 5. The molecule has 2 aliphatic heterocycles. The molecule has 0 unspecified atom stereocenters. The van der Waals surface area contributed by atoms with Gasteiger partial charge in [-0.3, -0.25) is 4.79 Å². The maximum atomic E-state index is 13.9. The van der Waals surface area contributed by atoms with Crippen LogP contribution >= 0.6 is 0 Å². The van der Waals surface area contributed by atoms with Crippen LogP contribution in [-0.4, -0.2) is 46.7 Å². The van der Waals surface area contributed by atoms with E-state index in [1.54, 1.807) is 18.3 Å². The van der Waals surface area contributed by atoms with Crippen molar-refractivity contribution in [2.45, 2.75) is 38.4 Å². The number of carbonyl (C=O) groups is 1. The van der Waals surface area contributed by atoms with Crippen LogP contribution in [0.25, 0.3) is 6.08 Å². The summed E-state index contributed by atoms with van der Waals surface area (Å²) >= 11 is 0. The van der Waals surface area contributed by atoms with Crippen molar-refractivity contribution in [1.29, 1.82) is 0 Å². The lowest BCUT2D eigenvalue weighted by molar-refractivity contribution is -0.145. The molecule has 188 valence electrons. The molecule has 2 fully saturated rings. The van der Waals surface area contributed by atoms with Gasteiger partial charge in [0.2, 0.25) is 0 Å². The van der Waals surface area contributed by atoms with E-state index in [9.17, 15) is 18.0 Å². The van der Waals surface area contributed by atoms with Crippen LogP contribution in [0.15, 0.2) is 48.4 Å². The van der Waals surface area contributed by atoms with E-state index in [-0.39, 0.29) is 24.1 Å². The highest BCUT2D eigenvalue weighted by molar-refractivity contribution is 5.99. The molecule has 6 nitrogen and oxygen atoms in total. The number of carbonyl (C=O) groups excluding carboxylic acids is 1. The second kappa shape index (κ2) is 9.81. The monoisotopic (exact) mass is 497 g/mol. The van der Waals surface area contributed by atoms with Crippen molar-refractivity contribution >= 4 is 12.0 Å². The third-order valence-corrected chi connectivity index (χ3v) is 6.73. The summed E-state index contributed by atoms with van der Waals surface area (Å²) in [5.41, 5.74) is 3.47. The molecule has 0 bridgehead atoms. The van der Waals surface area contributed by atoms with Gasteiger partial charge in [0.15, 0.2) is 17.5 Å². The summed E-state index contributed by atoms with van der Waals surface area (Å²) in [7, 11) is 1.60. The number of ether oxygens (including phenoxy) is 2. The van der Waals surface area contributed by atoms with Crippen LogP contribution in [0.4, 0.5) is 13.2 Å². The summed E-state index contributed by atoms with van der Waals surface area (Å²) in [5.74, 6) is -3.63. The number of halogens is 3. The van der Waals surface area contributed by atoms with E-state index < -0.39 is 23.5 Å². The Bertz CT molecular complexity index is 1310. The number of piperidine rings is 1. The Morgan fingerprint density at radius 1 is 1.17 bits per heavy atom. The van der Waals surface area contributed by atoms with Gasteiger partial charge < -0.3 is 18.9 Å². The Labute approximate surface area is 207 Å². The first-order valence-electron chi connectivity index (χ1n) is 11.7. The molecule has 1 aromatic heterocycles. The van der Waals surface area contributed by atoms with Crippen LogP contribution < -0.4 is 4.74 Å². The molecule has 9 heteroatoms. The van der Waals surface area contributed by atoms with Crippen molar-refractivity contribution in [1.82, 2.24) is 14.5 Å². The molecule has 2 aromatic carbocycles. The Hall–Kier alpha value is -3.59. The Balaban J connectivity index is 1.42. The smallest absolute Gasteiger partial charge is 0.250 e. The van der Waals surface area contributed by atoms with E-state index in [1.165, 1.54) is 0 Å². The van der Waals surface area contributed by atoms with E-state index in [0.717, 1.165) is 29.0 Å². The summed E-state index contributed by atoms with van der Waals surface area (Å²) < 4.78 is 54.6. The fraction of sp³-hybridized carbons (Fsp3) is 0.333. The minimum Gasteiger partial charge on any atom is -0.496 e. The fourth-order valence-electron chi connectivity index (χ4n) is 4.95. The molecule has 5 rings (SSSR count). The molecule has 0 spiro atoms. The molecule has 36 heavy (non-hydrogen) atoms. The summed E-state index contributed by atoms with van der Waals surface area (Å²) in [4.78, 5) is 19.4. The number of hydrogen-bond donors (Lipinski definition) is 0. The predicted octanol–water partition coefficient (Wildman–Crippen LogP) is 4.81. The zero-order valence-electron chi connectivity index (χ0n) is 20.0. The zero-order valence-corrected chi connectivity index (χ0v) is 20.0. The highest BCUT2D eigenvalue weighted by Gasteiger charge is 2.40. The second-order valence-electron chi connectivity index (χ2n) is 9.18. The third kappa shape index (κ3) is 4.63. The van der Waals surface area contributed by atoms with Crippen molar-refractivity contribution in [2.24, 2.45) is 0 Å². The normalized spacial score (nSPS) is 21.1. The minimum absolute atomic E-state index is 0.0796. The van der Waals surface area contributed by atoms with Crippen molar-refractivity contribution in [2.75, 3.05) is 20.3 Å². The topological polar surface area (TPSA) is 56.6 Å². The van der Waals surface area contributed by atoms with Crippen LogP contribution in [0.5, 0.6) is 5.75 Å². The fourth-order valence-corrected chi connectivity index (χ4v) is 4.95. The standard InChI is InChI=1S/C27H26F3N3O3/c1-16-11-32(15-31-16)12-19-4-3-17(8-25(19)35-2)7-18-5-6-21-13-36-14-24(33(21)27(18)34)20-9-22(28)26(30)23(29)10-20/h3-4,7-11,15,21,24H,5-6,12-14H2,1-2H3/b18-7+/t21-,24-/m1/s1. The number of benzene rings is 2. The van der Waals surface area contributed by atoms with Gasteiger partial charge in [0.25, 0.3) is 5.91 Å². The van der Waals surface area contributed by atoms with Crippen LogP contribution in [0.3, 0.4) is 0 Å². The molecule has 3 aromatic rings. The Morgan fingerprint density at radius 2 is 1.94 bits per heavy atom. The molecule has 0 saturated carbocycles. The zero-order chi connectivity index (χ0) is 25.4. The number of methoxy groups -OCH3 is 1. The van der Waals surface area contributed by atoms with Gasteiger partial charge in [-0.2, -0.15) is 0 Å². The molecule has 0 aliphatic carbocycles. The number of hydrogen-bond acceptors (Lipinski definition) is 4. The van der Waals surface area contributed by atoms with Gasteiger partial charge in [-0.1, -0.05) is 12.1 Å². The van der Waals surface area contributed by atoms with E-state index >= 15 is 0 Å². The summed E-state index contributed by atoms with van der Waals surface area (Å²) in [5, 5.41) is 0. The maximum Gasteiger partial charge on any atom is 0.250 e. The number of amides is 1. The number of imidazole rings is 1. The number of fused-ring (bicyclic) bond motifs is 1. The summed E-state index contributed by atoms with van der Waals surface area (Å²) in [6.07, 6.45) is 6.73. The van der Waals surface area contributed by atoms with E-state index in [4.69, 9.17) is 9.47 Å². The number of aromatic nitrogens is 2. The minimum atomic E-state index is -1.53. The second-order valence-corrected chi connectivity index (χ2v) is 9.18. The molecule has 2 aliphatic rings. The molecular formula is C27H26F3N3O3. The predicted molar refractivity (Wildman–Crippen MR) is 127 cm³/mol. The van der Waals surface area contributed by atoms with E-state index in [1.807, 2.05) is 42.0 Å². The first-order chi connectivity index (χ1) is 17.3. The first kappa shape index (κ1) is 24.1. The van der Waals surface area contributed by atoms with Gasteiger partial charge in [0.05, 0.1) is 51.0 Å². The lowest BCUT2D eigenvalue weighted by Gasteiger charge is -2.45. The molecule has 2 atom stereocenters. The van der Waals surface area contributed by atoms with Gasteiger partial charge in [-0.25, -0.2) is 18.2 Å². The average molecular weight is 498 g/mol. The molecule has 2 saturated heterocycles. The van der Waals surface area contributed by atoms with Gasteiger partial charge >= 0.3 is 0 Å². The molecule has 0 radical (unpaired) electrons.